The zero-order valence-corrected chi connectivity index (χ0v) is 11.5. The van der Waals surface area contributed by atoms with Crippen LogP contribution in [0.1, 0.15) is 17.5 Å². The van der Waals surface area contributed by atoms with E-state index in [1.807, 2.05) is 13.8 Å². The van der Waals surface area contributed by atoms with Crippen LogP contribution in [0.2, 0.25) is 0 Å². The average molecular weight is 293 g/mol. The number of alkyl halides is 1. The van der Waals surface area contributed by atoms with E-state index in [-0.39, 0.29) is 18.3 Å². The zero-order chi connectivity index (χ0) is 13.5. The normalized spacial score (nSPS) is 10.4. The maximum Gasteiger partial charge on any atom is 0.312 e. The topological polar surface area (TPSA) is 65.0 Å². The molecule has 0 heterocycles. The van der Waals surface area contributed by atoms with Gasteiger partial charge in [0, 0.05) is 10.8 Å². The smallest absolute Gasteiger partial charge is 0.312 e. The van der Waals surface area contributed by atoms with Gasteiger partial charge in [-0.3, -0.25) is 4.79 Å². The Bertz CT molecular complexity index is 401. The van der Waals surface area contributed by atoms with Crippen molar-refractivity contribution in [2.45, 2.75) is 25.2 Å². The number of carbonyl (C=O) groups is 1. The molecule has 0 amide bonds. The summed E-state index contributed by atoms with van der Waals surface area (Å²) in [4.78, 5) is 12.1. The van der Waals surface area contributed by atoms with Gasteiger partial charge in [-0.25, -0.2) is 5.26 Å². The summed E-state index contributed by atoms with van der Waals surface area (Å²) in [5.41, 5.74) is 1.68. The molecule has 7 heteroatoms. The van der Waals surface area contributed by atoms with Gasteiger partial charge >= 0.3 is 5.97 Å². The Morgan fingerprint density at radius 1 is 1.39 bits per heavy atom. The van der Waals surface area contributed by atoms with Crippen molar-refractivity contribution in [2.75, 3.05) is 5.88 Å². The number of aryl methyl sites for hydroxylation is 2. The molecule has 5 nitrogen and oxygen atoms in total. The van der Waals surface area contributed by atoms with E-state index in [2.05, 4.69) is 9.37 Å². The molecule has 0 unspecified atom stereocenters. The minimum atomic E-state index is -0.376. The molecule has 0 aliphatic carbocycles. The van der Waals surface area contributed by atoms with Crippen LogP contribution in [0.4, 0.5) is 0 Å². The Balaban J connectivity index is 2.82. The van der Waals surface area contributed by atoms with Gasteiger partial charge in [0.1, 0.15) is 5.75 Å². The number of benzene rings is 1. The standard InChI is InChI=1S/C11H13ClO5S/c1-7-5-9(15-10(13)3-4-12)6-8(2)11(7)18-17-16-14/h5-6,14H,3-4H2,1-2H3. The monoisotopic (exact) mass is 292 g/mol. The van der Waals surface area contributed by atoms with Crippen LogP contribution in [0.25, 0.3) is 0 Å². The third kappa shape index (κ3) is 4.47. The Kier molecular flexibility index (Phi) is 6.45. The number of hydrogen-bond donors (Lipinski definition) is 1. The van der Waals surface area contributed by atoms with Crippen molar-refractivity contribution in [3.63, 3.8) is 0 Å². The molecule has 1 aromatic carbocycles. The van der Waals surface area contributed by atoms with Gasteiger partial charge in [0.15, 0.2) is 0 Å². The van der Waals surface area contributed by atoms with Gasteiger partial charge in [0.25, 0.3) is 0 Å². The highest BCUT2D eigenvalue weighted by molar-refractivity contribution is 7.94. The van der Waals surface area contributed by atoms with Gasteiger partial charge in [-0.2, -0.15) is 0 Å². The van der Waals surface area contributed by atoms with Crippen LogP contribution >= 0.6 is 23.6 Å². The van der Waals surface area contributed by atoms with E-state index in [4.69, 9.17) is 21.6 Å². The maximum atomic E-state index is 11.3. The molecule has 0 saturated heterocycles. The van der Waals surface area contributed by atoms with Crippen LogP contribution in [0, 0.1) is 13.8 Å². The third-order valence-corrected chi connectivity index (χ3v) is 3.24. The quantitative estimate of drug-likeness (QED) is 0.217. The van der Waals surface area contributed by atoms with Crippen molar-refractivity contribution >= 4 is 29.6 Å². The van der Waals surface area contributed by atoms with Gasteiger partial charge in [-0.05, 0) is 37.1 Å². The number of rotatable bonds is 6. The van der Waals surface area contributed by atoms with E-state index in [1.54, 1.807) is 12.1 Å². The van der Waals surface area contributed by atoms with Crippen LogP contribution in [0.5, 0.6) is 5.75 Å². The molecule has 0 spiro atoms. The molecule has 0 aliphatic rings. The first-order valence-electron chi connectivity index (χ1n) is 5.11. The van der Waals surface area contributed by atoms with Gasteiger partial charge in [0.05, 0.1) is 18.5 Å². The predicted octanol–water partition coefficient (Wildman–Crippen LogP) is 3.27. The van der Waals surface area contributed by atoms with Gasteiger partial charge in [-0.15, -0.1) is 15.9 Å². The molecule has 100 valence electrons. The molecule has 0 aromatic heterocycles. The fourth-order valence-electron chi connectivity index (χ4n) is 1.41. The van der Waals surface area contributed by atoms with Crippen molar-refractivity contribution < 1.29 is 24.2 Å². The SMILES string of the molecule is Cc1cc(OC(=O)CCCl)cc(C)c1SOOO. The minimum absolute atomic E-state index is 0.164. The Hall–Kier alpha value is -0.790. The molecule has 0 saturated carbocycles. The first-order valence-corrected chi connectivity index (χ1v) is 6.38. The van der Waals surface area contributed by atoms with Crippen molar-refractivity contribution in [3.8, 4) is 5.75 Å². The van der Waals surface area contributed by atoms with E-state index < -0.39 is 0 Å². The number of hydrogen-bond acceptors (Lipinski definition) is 6. The fourth-order valence-corrected chi connectivity index (χ4v) is 2.04. The summed E-state index contributed by atoms with van der Waals surface area (Å²) in [6.45, 7) is 3.66. The van der Waals surface area contributed by atoms with Crippen LogP contribution in [0.3, 0.4) is 0 Å². The largest absolute Gasteiger partial charge is 0.426 e. The number of ether oxygens (including phenoxy) is 1. The number of carbonyl (C=O) groups excluding carboxylic acids is 1. The molecule has 0 aliphatic heterocycles. The summed E-state index contributed by atoms with van der Waals surface area (Å²) in [5, 5.41) is 11.7. The third-order valence-electron chi connectivity index (χ3n) is 2.11. The van der Waals surface area contributed by atoms with Crippen molar-refractivity contribution in [2.24, 2.45) is 0 Å². The van der Waals surface area contributed by atoms with Gasteiger partial charge in [-0.1, -0.05) is 5.04 Å². The molecule has 18 heavy (non-hydrogen) atoms. The highest BCUT2D eigenvalue weighted by Crippen LogP contribution is 2.31. The van der Waals surface area contributed by atoms with Gasteiger partial charge in [0.2, 0.25) is 0 Å². The summed E-state index contributed by atoms with van der Waals surface area (Å²) < 4.78 is 9.51. The van der Waals surface area contributed by atoms with Gasteiger partial charge < -0.3 is 4.74 Å². The second-order valence-corrected chi connectivity index (χ2v) is 4.61. The van der Waals surface area contributed by atoms with E-state index in [0.29, 0.717) is 5.75 Å². The lowest BCUT2D eigenvalue weighted by atomic mass is 10.1. The maximum absolute atomic E-state index is 11.3. The second kappa shape index (κ2) is 7.60. The fraction of sp³-hybridized carbons (Fsp3) is 0.364. The molecule has 1 rings (SSSR count). The van der Waals surface area contributed by atoms with Crippen LogP contribution < -0.4 is 4.74 Å². The highest BCUT2D eigenvalue weighted by atomic mass is 35.5. The first kappa shape index (κ1) is 15.3. The van der Waals surface area contributed by atoms with Crippen molar-refractivity contribution in [1.29, 1.82) is 0 Å². The lowest BCUT2D eigenvalue weighted by Crippen LogP contribution is -2.08. The molecule has 0 atom stereocenters. The van der Waals surface area contributed by atoms with E-state index >= 15 is 0 Å². The molecular weight excluding hydrogens is 280 g/mol. The lowest BCUT2D eigenvalue weighted by Gasteiger charge is -2.10. The predicted molar refractivity (Wildman–Crippen MR) is 67.5 cm³/mol. The average Bonchev–Trinajstić information content (AvgIpc) is 2.28. The molecule has 0 bridgehead atoms. The Morgan fingerprint density at radius 2 is 2.00 bits per heavy atom. The summed E-state index contributed by atoms with van der Waals surface area (Å²) in [7, 11) is 0. The summed E-state index contributed by atoms with van der Waals surface area (Å²) in [6.07, 6.45) is 0.164. The zero-order valence-electron chi connectivity index (χ0n) is 9.94. The molecule has 1 aromatic rings. The van der Waals surface area contributed by atoms with E-state index in [0.717, 1.165) is 28.1 Å². The molecule has 1 N–H and O–H groups in total. The molecule has 0 fully saturated rings. The van der Waals surface area contributed by atoms with Crippen LogP contribution in [0.15, 0.2) is 17.0 Å². The molecule has 0 radical (unpaired) electrons. The highest BCUT2D eigenvalue weighted by Gasteiger charge is 2.10. The van der Waals surface area contributed by atoms with E-state index in [1.165, 1.54) is 0 Å². The molecular formula is C11H13ClO5S. The summed E-state index contributed by atoms with van der Waals surface area (Å²) in [5.74, 6) is 0.306. The number of halogens is 1. The first-order chi connectivity index (χ1) is 8.58. The van der Waals surface area contributed by atoms with Crippen molar-refractivity contribution in [1.82, 2.24) is 0 Å². The summed E-state index contributed by atoms with van der Waals surface area (Å²) in [6, 6.07) is 3.39. The Labute approximate surface area is 114 Å². The lowest BCUT2D eigenvalue weighted by molar-refractivity contribution is -0.432. The Morgan fingerprint density at radius 3 is 2.50 bits per heavy atom. The van der Waals surface area contributed by atoms with Crippen molar-refractivity contribution in [3.05, 3.63) is 23.3 Å². The number of esters is 1. The van der Waals surface area contributed by atoms with Crippen LogP contribution in [-0.2, 0) is 14.2 Å². The van der Waals surface area contributed by atoms with E-state index in [9.17, 15) is 4.79 Å². The summed E-state index contributed by atoms with van der Waals surface area (Å²) >= 11 is 6.33. The minimum Gasteiger partial charge on any atom is -0.426 e. The second-order valence-electron chi connectivity index (χ2n) is 3.53. The van der Waals surface area contributed by atoms with Crippen LogP contribution in [-0.4, -0.2) is 17.1 Å².